The molecule has 7 nitrogen and oxygen atoms in total. The van der Waals surface area contributed by atoms with E-state index in [1.165, 1.54) is 0 Å². The summed E-state index contributed by atoms with van der Waals surface area (Å²) in [6, 6.07) is 13.9. The summed E-state index contributed by atoms with van der Waals surface area (Å²) in [6.45, 7) is 8.01. The Hall–Kier alpha value is -3.32. The quantitative estimate of drug-likeness (QED) is 0.411. The number of amides is 2. The molecule has 0 spiro atoms. The van der Waals surface area contributed by atoms with E-state index in [0.717, 1.165) is 22.5 Å². The van der Waals surface area contributed by atoms with Gasteiger partial charge in [-0.05, 0) is 49.6 Å². The molecule has 2 amide bonds. The number of nitrogens with one attached hydrogen (secondary N) is 3. The molecule has 1 heterocycles. The zero-order valence-corrected chi connectivity index (χ0v) is 20.9. The minimum absolute atomic E-state index is 0.0357. The molecule has 0 aliphatic heterocycles. The predicted octanol–water partition coefficient (Wildman–Crippen LogP) is 4.73. The standard InChI is InChI=1S/C26H31ClN4O3/c1-15(2)21-14-22(31-30-21)18-8-6-17(7-9-18)12-23(26(33)28-5)29-25(32)19-10-11-24(20(27)13-19)34-16(3)4/h6-11,13-16,23H,12H2,1-5H3,(H,28,33)(H,29,32)(H,30,31)/t23-/m0/s1. The highest BCUT2D eigenvalue weighted by atomic mass is 35.5. The Bertz CT molecular complexity index is 1140. The highest BCUT2D eigenvalue weighted by Crippen LogP contribution is 2.26. The third-order valence-corrected chi connectivity index (χ3v) is 5.63. The lowest BCUT2D eigenvalue weighted by atomic mass is 10.0. The van der Waals surface area contributed by atoms with Crippen LogP contribution in [0.5, 0.6) is 5.75 Å². The molecule has 180 valence electrons. The lowest BCUT2D eigenvalue weighted by Crippen LogP contribution is -2.47. The van der Waals surface area contributed by atoms with E-state index in [0.29, 0.717) is 28.7 Å². The number of carbonyl (C=O) groups excluding carboxylic acids is 2. The largest absolute Gasteiger partial charge is 0.489 e. The van der Waals surface area contributed by atoms with Crippen LogP contribution in [0.25, 0.3) is 11.3 Å². The van der Waals surface area contributed by atoms with E-state index in [1.54, 1.807) is 25.2 Å². The SMILES string of the molecule is CNC(=O)[C@H](Cc1ccc(-c2cc(C(C)C)[nH]n2)cc1)NC(=O)c1ccc(OC(C)C)c(Cl)c1. The van der Waals surface area contributed by atoms with Gasteiger partial charge in [0.2, 0.25) is 5.91 Å². The number of hydrogen-bond donors (Lipinski definition) is 3. The maximum absolute atomic E-state index is 12.8. The van der Waals surface area contributed by atoms with Gasteiger partial charge in [-0.3, -0.25) is 14.7 Å². The van der Waals surface area contributed by atoms with E-state index in [-0.39, 0.29) is 17.9 Å². The summed E-state index contributed by atoms with van der Waals surface area (Å²) >= 11 is 6.27. The third kappa shape index (κ3) is 6.38. The molecular weight excluding hydrogens is 452 g/mol. The van der Waals surface area contributed by atoms with Crippen LogP contribution in [-0.4, -0.2) is 41.2 Å². The Balaban J connectivity index is 1.72. The molecule has 2 aromatic carbocycles. The number of likely N-dealkylation sites (N-methyl/N-ethyl adjacent to an activating group) is 1. The van der Waals surface area contributed by atoms with E-state index in [2.05, 4.69) is 34.7 Å². The van der Waals surface area contributed by atoms with Crippen molar-refractivity contribution in [2.24, 2.45) is 0 Å². The van der Waals surface area contributed by atoms with Crippen LogP contribution in [0.4, 0.5) is 0 Å². The average Bonchev–Trinajstić information content (AvgIpc) is 3.30. The van der Waals surface area contributed by atoms with Crippen molar-refractivity contribution in [3.05, 3.63) is 70.4 Å². The van der Waals surface area contributed by atoms with Crippen LogP contribution in [0, 0.1) is 0 Å². The molecule has 1 aromatic heterocycles. The molecule has 0 aliphatic carbocycles. The highest BCUT2D eigenvalue weighted by Gasteiger charge is 2.22. The molecule has 3 N–H and O–H groups in total. The van der Waals surface area contributed by atoms with E-state index in [9.17, 15) is 9.59 Å². The van der Waals surface area contributed by atoms with Gasteiger partial charge in [-0.15, -0.1) is 0 Å². The minimum atomic E-state index is -0.744. The fraction of sp³-hybridized carbons (Fsp3) is 0.346. The Morgan fingerprint density at radius 2 is 1.76 bits per heavy atom. The summed E-state index contributed by atoms with van der Waals surface area (Å²) in [5.74, 6) is 0.206. The molecule has 1 atom stereocenters. The first-order chi connectivity index (χ1) is 16.2. The maximum Gasteiger partial charge on any atom is 0.251 e. The number of ether oxygens (including phenoxy) is 1. The summed E-state index contributed by atoms with van der Waals surface area (Å²) < 4.78 is 5.62. The van der Waals surface area contributed by atoms with Crippen molar-refractivity contribution >= 4 is 23.4 Å². The number of aromatic amines is 1. The number of carbonyl (C=O) groups is 2. The first-order valence-corrected chi connectivity index (χ1v) is 11.7. The van der Waals surface area contributed by atoms with E-state index >= 15 is 0 Å². The number of nitrogens with zero attached hydrogens (tertiary/aromatic N) is 1. The summed E-state index contributed by atoms with van der Waals surface area (Å²) in [5.41, 5.74) is 4.19. The van der Waals surface area contributed by atoms with Gasteiger partial charge in [0.05, 0.1) is 16.8 Å². The summed E-state index contributed by atoms with van der Waals surface area (Å²) in [4.78, 5) is 25.3. The van der Waals surface area contributed by atoms with Gasteiger partial charge in [-0.2, -0.15) is 5.10 Å². The Morgan fingerprint density at radius 3 is 2.32 bits per heavy atom. The minimum Gasteiger partial charge on any atom is -0.489 e. The topological polar surface area (TPSA) is 96.1 Å². The van der Waals surface area contributed by atoms with Gasteiger partial charge < -0.3 is 15.4 Å². The molecule has 0 aliphatic rings. The van der Waals surface area contributed by atoms with Crippen molar-refractivity contribution < 1.29 is 14.3 Å². The van der Waals surface area contributed by atoms with Crippen LogP contribution < -0.4 is 15.4 Å². The van der Waals surface area contributed by atoms with E-state index < -0.39 is 6.04 Å². The van der Waals surface area contributed by atoms with Crippen molar-refractivity contribution in [3.63, 3.8) is 0 Å². The predicted molar refractivity (Wildman–Crippen MR) is 134 cm³/mol. The molecule has 8 heteroatoms. The second kappa shape index (κ2) is 11.2. The van der Waals surface area contributed by atoms with Gasteiger partial charge in [0.25, 0.3) is 5.91 Å². The van der Waals surface area contributed by atoms with Gasteiger partial charge in [0.15, 0.2) is 0 Å². The smallest absolute Gasteiger partial charge is 0.251 e. The van der Waals surface area contributed by atoms with Gasteiger partial charge in [0, 0.05) is 30.3 Å². The maximum atomic E-state index is 12.8. The van der Waals surface area contributed by atoms with Crippen LogP contribution in [0.15, 0.2) is 48.5 Å². The van der Waals surface area contributed by atoms with Crippen LogP contribution in [0.1, 0.15) is 55.2 Å². The Morgan fingerprint density at radius 1 is 1.06 bits per heavy atom. The van der Waals surface area contributed by atoms with Crippen molar-refractivity contribution in [2.45, 2.75) is 52.2 Å². The molecule has 0 unspecified atom stereocenters. The van der Waals surface area contributed by atoms with Crippen LogP contribution in [0.2, 0.25) is 5.02 Å². The van der Waals surface area contributed by atoms with Gasteiger partial charge >= 0.3 is 0 Å². The van der Waals surface area contributed by atoms with Crippen molar-refractivity contribution in [2.75, 3.05) is 7.05 Å². The number of halogens is 1. The van der Waals surface area contributed by atoms with Gasteiger partial charge in [-0.1, -0.05) is 49.7 Å². The van der Waals surface area contributed by atoms with Crippen LogP contribution in [-0.2, 0) is 11.2 Å². The molecular formula is C26H31ClN4O3. The fourth-order valence-corrected chi connectivity index (χ4v) is 3.67. The monoisotopic (exact) mass is 482 g/mol. The fourth-order valence-electron chi connectivity index (χ4n) is 3.44. The van der Waals surface area contributed by atoms with Gasteiger partial charge in [-0.25, -0.2) is 0 Å². The number of aromatic nitrogens is 2. The molecule has 0 bridgehead atoms. The zero-order chi connectivity index (χ0) is 24.8. The first-order valence-electron chi connectivity index (χ1n) is 11.3. The van der Waals surface area contributed by atoms with Gasteiger partial charge in [0.1, 0.15) is 11.8 Å². The molecule has 3 aromatic rings. The molecule has 0 radical (unpaired) electrons. The summed E-state index contributed by atoms with van der Waals surface area (Å²) in [7, 11) is 1.55. The molecule has 34 heavy (non-hydrogen) atoms. The molecule has 0 fully saturated rings. The molecule has 3 rings (SSSR count). The third-order valence-electron chi connectivity index (χ3n) is 5.33. The second-order valence-electron chi connectivity index (χ2n) is 8.72. The lowest BCUT2D eigenvalue weighted by molar-refractivity contribution is -0.122. The van der Waals surface area contributed by atoms with Crippen molar-refractivity contribution in [1.82, 2.24) is 20.8 Å². The zero-order valence-electron chi connectivity index (χ0n) is 20.1. The molecule has 0 saturated heterocycles. The molecule has 0 saturated carbocycles. The normalized spacial score (nSPS) is 12.0. The van der Waals surface area contributed by atoms with Crippen LogP contribution in [0.3, 0.4) is 0 Å². The average molecular weight is 483 g/mol. The highest BCUT2D eigenvalue weighted by molar-refractivity contribution is 6.32. The Kier molecular flexibility index (Phi) is 8.34. The van der Waals surface area contributed by atoms with Crippen LogP contribution >= 0.6 is 11.6 Å². The van der Waals surface area contributed by atoms with E-state index in [1.807, 2.05) is 44.2 Å². The second-order valence-corrected chi connectivity index (χ2v) is 9.12. The number of benzene rings is 2. The number of rotatable bonds is 9. The first kappa shape index (κ1) is 25.3. The summed E-state index contributed by atoms with van der Waals surface area (Å²) in [5, 5.41) is 13.2. The van der Waals surface area contributed by atoms with Crippen molar-refractivity contribution in [3.8, 4) is 17.0 Å². The van der Waals surface area contributed by atoms with E-state index in [4.69, 9.17) is 16.3 Å². The number of H-pyrrole nitrogens is 1. The lowest BCUT2D eigenvalue weighted by Gasteiger charge is -2.18. The summed E-state index contributed by atoms with van der Waals surface area (Å²) in [6.07, 6.45) is 0.303. The Labute approximate surface area is 205 Å². The number of hydrogen-bond acceptors (Lipinski definition) is 4. The van der Waals surface area contributed by atoms with Crippen molar-refractivity contribution in [1.29, 1.82) is 0 Å².